The van der Waals surface area contributed by atoms with Crippen molar-refractivity contribution < 1.29 is 17.9 Å². The third-order valence-electron chi connectivity index (χ3n) is 3.21. The van der Waals surface area contributed by atoms with Crippen LogP contribution in [0.25, 0.3) is 0 Å². The molecular weight excluding hydrogens is 280 g/mol. The second-order valence-corrected chi connectivity index (χ2v) is 6.71. The van der Waals surface area contributed by atoms with Crippen molar-refractivity contribution in [3.05, 3.63) is 29.8 Å². The molecule has 0 bridgehead atoms. The lowest BCUT2D eigenvalue weighted by atomic mass is 10.2. The highest BCUT2D eigenvalue weighted by Crippen LogP contribution is 2.14. The Labute approximate surface area is 118 Å². The van der Waals surface area contributed by atoms with Gasteiger partial charge in [-0.25, -0.2) is 8.42 Å². The Morgan fingerprint density at radius 1 is 1.35 bits per heavy atom. The summed E-state index contributed by atoms with van der Waals surface area (Å²) >= 11 is 0. The van der Waals surface area contributed by atoms with Gasteiger partial charge in [-0.1, -0.05) is 12.1 Å². The predicted molar refractivity (Wildman–Crippen MR) is 73.8 cm³/mol. The van der Waals surface area contributed by atoms with Gasteiger partial charge in [-0.05, 0) is 17.7 Å². The van der Waals surface area contributed by atoms with Gasteiger partial charge in [0.15, 0.2) is 9.84 Å². The molecule has 1 saturated heterocycles. The first-order valence-corrected chi connectivity index (χ1v) is 8.05. The molecule has 1 aromatic rings. The second-order valence-electron chi connectivity index (χ2n) is 4.60. The monoisotopic (exact) mass is 298 g/mol. The summed E-state index contributed by atoms with van der Waals surface area (Å²) in [5.74, 6) is -0.255. The van der Waals surface area contributed by atoms with E-state index in [1.807, 2.05) is 0 Å². The zero-order valence-corrected chi connectivity index (χ0v) is 11.9. The van der Waals surface area contributed by atoms with Crippen molar-refractivity contribution in [1.29, 1.82) is 0 Å². The molecule has 0 aliphatic carbocycles. The minimum atomic E-state index is -3.41. The molecule has 1 fully saturated rings. The van der Waals surface area contributed by atoms with Crippen LogP contribution in [-0.4, -0.2) is 51.3 Å². The number of rotatable bonds is 5. The molecule has 20 heavy (non-hydrogen) atoms. The Kier molecular flexibility index (Phi) is 4.74. The minimum Gasteiger partial charge on any atom is -0.370 e. The van der Waals surface area contributed by atoms with Crippen LogP contribution in [-0.2, 0) is 25.9 Å². The molecule has 0 unspecified atom stereocenters. The first kappa shape index (κ1) is 15.0. The van der Waals surface area contributed by atoms with Crippen LogP contribution >= 0.6 is 0 Å². The second kappa shape index (κ2) is 6.34. The Morgan fingerprint density at radius 3 is 2.85 bits per heavy atom. The molecule has 0 atom stereocenters. The van der Waals surface area contributed by atoms with E-state index in [0.717, 1.165) is 5.56 Å². The Balaban J connectivity index is 2.05. The fraction of sp³-hybridized carbons (Fsp3) is 0.462. The fourth-order valence-corrected chi connectivity index (χ4v) is 3.31. The van der Waals surface area contributed by atoms with Gasteiger partial charge < -0.3 is 15.4 Å². The number of carbonyl (C=O) groups is 1. The Hall–Kier alpha value is -1.44. The van der Waals surface area contributed by atoms with Crippen LogP contribution in [0.3, 0.4) is 0 Å². The Morgan fingerprint density at radius 2 is 2.15 bits per heavy atom. The van der Waals surface area contributed by atoms with Gasteiger partial charge in [0.05, 0.1) is 17.3 Å². The van der Waals surface area contributed by atoms with Crippen molar-refractivity contribution in [2.24, 2.45) is 5.73 Å². The number of hydrogen-bond acceptors (Lipinski definition) is 5. The van der Waals surface area contributed by atoms with E-state index in [-0.39, 0.29) is 29.7 Å². The SMILES string of the molecule is NCc1cccc(S(=O)(=O)CCN2CCOCC2=O)c1. The number of nitrogens with two attached hydrogens (primary N) is 1. The van der Waals surface area contributed by atoms with Crippen LogP contribution in [0.5, 0.6) is 0 Å². The van der Waals surface area contributed by atoms with Gasteiger partial charge in [0.1, 0.15) is 6.61 Å². The molecule has 0 radical (unpaired) electrons. The normalized spacial score (nSPS) is 16.4. The highest BCUT2D eigenvalue weighted by atomic mass is 32.2. The number of amides is 1. The lowest BCUT2D eigenvalue weighted by molar-refractivity contribution is -0.142. The van der Waals surface area contributed by atoms with Crippen LogP contribution in [0.1, 0.15) is 5.56 Å². The van der Waals surface area contributed by atoms with E-state index in [1.165, 1.54) is 4.90 Å². The van der Waals surface area contributed by atoms with E-state index in [9.17, 15) is 13.2 Å². The van der Waals surface area contributed by atoms with Crippen LogP contribution < -0.4 is 5.73 Å². The summed E-state index contributed by atoms with van der Waals surface area (Å²) < 4.78 is 29.5. The van der Waals surface area contributed by atoms with Crippen LogP contribution in [0.15, 0.2) is 29.2 Å². The maximum absolute atomic E-state index is 12.2. The molecule has 1 aromatic carbocycles. The number of ether oxygens (including phenoxy) is 1. The summed E-state index contributed by atoms with van der Waals surface area (Å²) in [5.41, 5.74) is 6.28. The standard InChI is InChI=1S/C13H18N2O4S/c14-9-11-2-1-3-12(8-11)20(17,18)7-5-15-4-6-19-10-13(15)16/h1-3,8H,4-7,9-10,14H2. The molecule has 0 spiro atoms. The highest BCUT2D eigenvalue weighted by molar-refractivity contribution is 7.91. The van der Waals surface area contributed by atoms with Gasteiger partial charge in [-0.3, -0.25) is 4.79 Å². The maximum atomic E-state index is 12.2. The van der Waals surface area contributed by atoms with Gasteiger partial charge in [-0.15, -0.1) is 0 Å². The van der Waals surface area contributed by atoms with Gasteiger partial charge in [-0.2, -0.15) is 0 Å². The molecule has 110 valence electrons. The summed E-state index contributed by atoms with van der Waals surface area (Å²) in [6.45, 7) is 1.41. The van der Waals surface area contributed by atoms with E-state index in [1.54, 1.807) is 24.3 Å². The van der Waals surface area contributed by atoms with Crippen molar-refractivity contribution in [2.45, 2.75) is 11.4 Å². The number of nitrogens with zero attached hydrogens (tertiary/aromatic N) is 1. The van der Waals surface area contributed by atoms with E-state index in [2.05, 4.69) is 0 Å². The van der Waals surface area contributed by atoms with E-state index >= 15 is 0 Å². The van der Waals surface area contributed by atoms with Gasteiger partial charge in [0.25, 0.3) is 0 Å². The molecule has 2 N–H and O–H groups in total. The largest absolute Gasteiger partial charge is 0.370 e. The molecule has 0 saturated carbocycles. The third-order valence-corrected chi connectivity index (χ3v) is 4.90. The summed E-state index contributed by atoms with van der Waals surface area (Å²) in [5, 5.41) is 0. The number of benzene rings is 1. The van der Waals surface area contributed by atoms with Crippen LogP contribution in [0.4, 0.5) is 0 Å². The number of hydrogen-bond donors (Lipinski definition) is 1. The predicted octanol–water partition coefficient (Wildman–Crippen LogP) is -0.222. The summed E-state index contributed by atoms with van der Waals surface area (Å²) in [6, 6.07) is 6.59. The summed E-state index contributed by atoms with van der Waals surface area (Å²) in [4.78, 5) is 13.3. The maximum Gasteiger partial charge on any atom is 0.248 e. The molecule has 1 heterocycles. The molecule has 1 amide bonds. The lowest BCUT2D eigenvalue weighted by Crippen LogP contribution is -2.43. The van der Waals surface area contributed by atoms with E-state index < -0.39 is 9.84 Å². The zero-order valence-electron chi connectivity index (χ0n) is 11.1. The minimum absolute atomic E-state index is 0.0305. The Bertz CT molecular complexity index is 586. The van der Waals surface area contributed by atoms with Crippen molar-refractivity contribution in [1.82, 2.24) is 4.90 Å². The molecule has 1 aliphatic heterocycles. The van der Waals surface area contributed by atoms with Crippen molar-refractivity contribution in [2.75, 3.05) is 32.1 Å². The first-order valence-electron chi connectivity index (χ1n) is 6.40. The molecule has 2 rings (SSSR count). The molecular formula is C13H18N2O4S. The first-order chi connectivity index (χ1) is 9.53. The number of morpholine rings is 1. The molecule has 6 nitrogen and oxygen atoms in total. The van der Waals surface area contributed by atoms with E-state index in [0.29, 0.717) is 19.7 Å². The van der Waals surface area contributed by atoms with Gasteiger partial charge in [0.2, 0.25) is 5.91 Å². The van der Waals surface area contributed by atoms with Gasteiger partial charge in [0, 0.05) is 19.6 Å². The quantitative estimate of drug-likeness (QED) is 0.811. The summed E-state index contributed by atoms with van der Waals surface area (Å²) in [7, 11) is -3.41. The summed E-state index contributed by atoms with van der Waals surface area (Å²) in [6.07, 6.45) is 0. The lowest BCUT2D eigenvalue weighted by Gasteiger charge is -2.26. The average molecular weight is 298 g/mol. The smallest absolute Gasteiger partial charge is 0.248 e. The van der Waals surface area contributed by atoms with Crippen molar-refractivity contribution in [3.8, 4) is 0 Å². The van der Waals surface area contributed by atoms with Crippen molar-refractivity contribution in [3.63, 3.8) is 0 Å². The molecule has 1 aliphatic rings. The average Bonchev–Trinajstić information content (AvgIpc) is 2.46. The topological polar surface area (TPSA) is 89.7 Å². The van der Waals surface area contributed by atoms with Gasteiger partial charge >= 0.3 is 0 Å². The molecule has 7 heteroatoms. The highest BCUT2D eigenvalue weighted by Gasteiger charge is 2.22. The third kappa shape index (κ3) is 3.56. The van der Waals surface area contributed by atoms with E-state index in [4.69, 9.17) is 10.5 Å². The molecule has 0 aromatic heterocycles. The fourth-order valence-electron chi connectivity index (χ4n) is 2.00. The van der Waals surface area contributed by atoms with Crippen molar-refractivity contribution >= 4 is 15.7 Å². The van der Waals surface area contributed by atoms with Crippen LogP contribution in [0, 0.1) is 0 Å². The number of carbonyl (C=O) groups excluding carboxylic acids is 1. The van der Waals surface area contributed by atoms with Crippen LogP contribution in [0.2, 0.25) is 0 Å². The zero-order chi connectivity index (χ0) is 14.6. The number of sulfone groups is 1.